The number of hydrogen-bond donors (Lipinski definition) is 0. The second-order valence-electron chi connectivity index (χ2n) is 24.1. The van der Waals surface area contributed by atoms with Gasteiger partial charge in [-0.2, -0.15) is 0 Å². The van der Waals surface area contributed by atoms with Crippen LogP contribution in [0.15, 0.2) is 85.1 Å². The van der Waals surface area contributed by atoms with Crippen LogP contribution in [0.2, 0.25) is 0 Å². The zero-order valence-electron chi connectivity index (χ0n) is 55.2. The summed E-state index contributed by atoms with van der Waals surface area (Å²) in [5.41, 5.74) is 0. The molecule has 0 aliphatic rings. The number of hydrogen-bond acceptors (Lipinski definition) is 6. The van der Waals surface area contributed by atoms with Crippen LogP contribution < -0.4 is 0 Å². The zero-order valence-corrected chi connectivity index (χ0v) is 55.2. The monoisotopic (exact) mass is 1160 g/mol. The first-order valence-corrected chi connectivity index (χ1v) is 36.1. The lowest BCUT2D eigenvalue weighted by Gasteiger charge is -2.18. The summed E-state index contributed by atoms with van der Waals surface area (Å²) >= 11 is 0. The highest BCUT2D eigenvalue weighted by Gasteiger charge is 2.19. The highest BCUT2D eigenvalue weighted by molar-refractivity contribution is 5.71. The zero-order chi connectivity index (χ0) is 59.9. The molecule has 0 heterocycles. The predicted molar refractivity (Wildman–Crippen MR) is 362 cm³/mol. The van der Waals surface area contributed by atoms with Crippen LogP contribution in [0.3, 0.4) is 0 Å². The highest BCUT2D eigenvalue weighted by Crippen LogP contribution is 2.17. The van der Waals surface area contributed by atoms with Crippen LogP contribution in [0.25, 0.3) is 0 Å². The van der Waals surface area contributed by atoms with Gasteiger partial charge in [-0.25, -0.2) is 0 Å². The number of allylic oxidation sites excluding steroid dienone is 14. The Morgan fingerprint density at radius 3 is 0.747 bits per heavy atom. The van der Waals surface area contributed by atoms with Gasteiger partial charge < -0.3 is 14.2 Å². The van der Waals surface area contributed by atoms with E-state index in [4.69, 9.17) is 14.2 Å². The van der Waals surface area contributed by atoms with E-state index in [1.807, 2.05) is 0 Å². The number of unbranched alkanes of at least 4 members (excludes halogenated alkanes) is 41. The highest BCUT2D eigenvalue weighted by atomic mass is 16.6. The van der Waals surface area contributed by atoms with Crippen LogP contribution in [-0.4, -0.2) is 37.2 Å². The van der Waals surface area contributed by atoms with Gasteiger partial charge in [-0.3, -0.25) is 14.4 Å². The predicted octanol–water partition coefficient (Wildman–Crippen LogP) is 25.0. The number of rotatable bonds is 66. The maximum atomic E-state index is 13.0. The summed E-state index contributed by atoms with van der Waals surface area (Å²) < 4.78 is 17.0. The van der Waals surface area contributed by atoms with Crippen LogP contribution >= 0.6 is 0 Å². The van der Waals surface area contributed by atoms with Crippen LogP contribution in [0.1, 0.15) is 367 Å². The summed E-state index contributed by atoms with van der Waals surface area (Å²) in [6, 6.07) is 0. The van der Waals surface area contributed by atoms with Gasteiger partial charge >= 0.3 is 17.9 Å². The summed E-state index contributed by atoms with van der Waals surface area (Å²) in [5.74, 6) is -0.864. The molecule has 0 spiro atoms. The molecule has 0 bridgehead atoms. The van der Waals surface area contributed by atoms with Crippen molar-refractivity contribution in [1.82, 2.24) is 0 Å². The smallest absolute Gasteiger partial charge is 0.306 e. The summed E-state index contributed by atoms with van der Waals surface area (Å²) in [7, 11) is 0. The minimum atomic E-state index is -0.783. The van der Waals surface area contributed by atoms with Crippen molar-refractivity contribution in [2.24, 2.45) is 0 Å². The molecule has 0 aromatic rings. The van der Waals surface area contributed by atoms with Crippen LogP contribution in [0.5, 0.6) is 0 Å². The minimum absolute atomic E-state index is 0.0770. The Bertz CT molecular complexity index is 1570. The second-order valence-corrected chi connectivity index (χ2v) is 24.1. The van der Waals surface area contributed by atoms with E-state index in [9.17, 15) is 14.4 Å². The average molecular weight is 1160 g/mol. The summed E-state index contributed by atoms with van der Waals surface area (Å²) in [5, 5.41) is 0. The quantitative estimate of drug-likeness (QED) is 0.0261. The molecule has 1 unspecified atom stereocenters. The maximum absolute atomic E-state index is 13.0. The fraction of sp³-hybridized carbons (Fsp3) is 0.779. The van der Waals surface area contributed by atoms with E-state index in [0.29, 0.717) is 19.3 Å². The van der Waals surface area contributed by atoms with E-state index in [2.05, 4.69) is 106 Å². The lowest BCUT2D eigenvalue weighted by molar-refractivity contribution is -0.167. The number of esters is 3. The topological polar surface area (TPSA) is 78.9 Å². The van der Waals surface area contributed by atoms with Crippen molar-refractivity contribution in [2.45, 2.75) is 374 Å². The molecule has 6 nitrogen and oxygen atoms in total. The fourth-order valence-corrected chi connectivity index (χ4v) is 10.5. The molecule has 480 valence electrons. The Morgan fingerprint density at radius 1 is 0.253 bits per heavy atom. The van der Waals surface area contributed by atoms with Crippen LogP contribution in [0.4, 0.5) is 0 Å². The molecule has 0 aliphatic carbocycles. The molecule has 0 fully saturated rings. The molecule has 0 rings (SSSR count). The molecule has 0 saturated carbocycles. The third kappa shape index (κ3) is 69.3. The van der Waals surface area contributed by atoms with E-state index in [1.165, 1.54) is 238 Å². The third-order valence-corrected chi connectivity index (χ3v) is 15.9. The van der Waals surface area contributed by atoms with Gasteiger partial charge in [0.1, 0.15) is 13.2 Å². The minimum Gasteiger partial charge on any atom is -0.462 e. The molecule has 0 N–H and O–H groups in total. The van der Waals surface area contributed by atoms with Crippen molar-refractivity contribution in [1.29, 1.82) is 0 Å². The number of ether oxygens (including phenoxy) is 3. The summed E-state index contributed by atoms with van der Waals surface area (Å²) in [4.78, 5) is 38.5. The lowest BCUT2D eigenvalue weighted by atomic mass is 10.0. The first-order chi connectivity index (χ1) is 41.0. The van der Waals surface area contributed by atoms with Gasteiger partial charge in [-0.1, -0.05) is 318 Å². The molecule has 0 saturated heterocycles. The Labute approximate surface area is 515 Å². The molecule has 0 amide bonds. The van der Waals surface area contributed by atoms with E-state index in [0.717, 1.165) is 89.9 Å². The van der Waals surface area contributed by atoms with E-state index in [1.54, 1.807) is 0 Å². The SMILES string of the molecule is CC/C=C\C/C=C\C/C=C\C/C=C\CCCCCCCCCCCCCCC(=O)OCC(COC(=O)CCCCCCCCCCC/C=C\CCCCCCCC)OC(=O)CCCCCCCCCCC/C=C\C/C=C\CCCCCCC. The Balaban J connectivity index is 4.35. The normalized spacial score (nSPS) is 12.6. The van der Waals surface area contributed by atoms with E-state index >= 15 is 0 Å². The molecule has 0 aliphatic heterocycles. The summed E-state index contributed by atoms with van der Waals surface area (Å²) in [6.45, 7) is 6.56. The van der Waals surface area contributed by atoms with Gasteiger partial charge in [0.05, 0.1) is 0 Å². The van der Waals surface area contributed by atoms with Crippen molar-refractivity contribution >= 4 is 17.9 Å². The first kappa shape index (κ1) is 79.6. The van der Waals surface area contributed by atoms with Crippen molar-refractivity contribution < 1.29 is 28.6 Å². The fourth-order valence-electron chi connectivity index (χ4n) is 10.5. The maximum Gasteiger partial charge on any atom is 0.306 e. The van der Waals surface area contributed by atoms with Crippen LogP contribution in [0, 0.1) is 0 Å². The number of carbonyl (C=O) groups excluding carboxylic acids is 3. The molecule has 0 aromatic carbocycles. The van der Waals surface area contributed by atoms with Gasteiger partial charge in [0.2, 0.25) is 0 Å². The Hall–Kier alpha value is -3.41. The van der Waals surface area contributed by atoms with Crippen molar-refractivity contribution in [3.63, 3.8) is 0 Å². The van der Waals surface area contributed by atoms with Crippen LogP contribution in [-0.2, 0) is 28.6 Å². The first-order valence-electron chi connectivity index (χ1n) is 36.1. The van der Waals surface area contributed by atoms with Crippen molar-refractivity contribution in [3.05, 3.63) is 85.1 Å². The molecular formula is C77H136O6. The second kappa shape index (κ2) is 71.1. The van der Waals surface area contributed by atoms with Gasteiger partial charge in [-0.15, -0.1) is 0 Å². The van der Waals surface area contributed by atoms with Gasteiger partial charge in [-0.05, 0) is 116 Å². The van der Waals surface area contributed by atoms with E-state index in [-0.39, 0.29) is 31.1 Å². The third-order valence-electron chi connectivity index (χ3n) is 15.9. The van der Waals surface area contributed by atoms with Crippen molar-refractivity contribution in [2.75, 3.05) is 13.2 Å². The van der Waals surface area contributed by atoms with Crippen molar-refractivity contribution in [3.8, 4) is 0 Å². The standard InChI is InChI=1S/C77H136O6/c1-4-7-10-13-16-19-22-25-28-31-34-36-37-38-39-41-43-46-49-52-55-58-61-64-67-70-76(79)82-73-74(72-81-75(78)69-66-63-60-57-54-51-48-45-42-33-30-27-24-21-18-15-12-9-6-3)83-77(80)71-68-65-62-59-56-53-50-47-44-40-35-32-29-26-23-20-17-14-11-8-5-2/h7,10,16,19,23,25-28,30,32,34-36,74H,4-6,8-9,11-15,17-18,20-22,24,29,31,33,37-73H2,1-3H3/b10-7-,19-16-,26-23-,28-25-,30-27-,35-32-,36-34-. The molecule has 1 atom stereocenters. The Morgan fingerprint density at radius 2 is 0.470 bits per heavy atom. The van der Waals surface area contributed by atoms with Gasteiger partial charge in [0, 0.05) is 19.3 Å². The summed E-state index contributed by atoms with van der Waals surface area (Å²) in [6.07, 6.45) is 94.6. The molecule has 6 heteroatoms. The molecular weight excluding hydrogens is 1020 g/mol. The van der Waals surface area contributed by atoms with Gasteiger partial charge in [0.15, 0.2) is 6.10 Å². The number of carbonyl (C=O) groups is 3. The molecule has 0 radical (unpaired) electrons. The molecule has 83 heavy (non-hydrogen) atoms. The largest absolute Gasteiger partial charge is 0.462 e. The van der Waals surface area contributed by atoms with Gasteiger partial charge in [0.25, 0.3) is 0 Å². The average Bonchev–Trinajstić information content (AvgIpc) is 3.50. The van der Waals surface area contributed by atoms with E-state index < -0.39 is 6.10 Å². The molecule has 0 aromatic heterocycles. The lowest BCUT2D eigenvalue weighted by Crippen LogP contribution is -2.30. The Kier molecular flexibility index (Phi) is 68.2.